The molecule has 0 aliphatic heterocycles. The normalized spacial score (nSPS) is 10.4. The van der Waals surface area contributed by atoms with E-state index >= 15 is 0 Å². The van der Waals surface area contributed by atoms with E-state index in [1.807, 2.05) is 24.3 Å². The Morgan fingerprint density at radius 3 is 2.60 bits per heavy atom. The third-order valence-electron chi connectivity index (χ3n) is 3.05. The van der Waals surface area contributed by atoms with Gasteiger partial charge in [-0.1, -0.05) is 11.6 Å². The number of pyridine rings is 1. The van der Waals surface area contributed by atoms with Gasteiger partial charge in [0.25, 0.3) is 0 Å². The molecule has 0 N–H and O–H groups in total. The minimum atomic E-state index is 0.465. The third kappa shape index (κ3) is 1.98. The van der Waals surface area contributed by atoms with Gasteiger partial charge in [-0.3, -0.25) is 4.40 Å². The average Bonchev–Trinajstić information content (AvgIpc) is 2.85. The first-order valence-electron chi connectivity index (χ1n) is 5.95. The van der Waals surface area contributed by atoms with Gasteiger partial charge in [-0.25, -0.2) is 4.98 Å². The molecule has 1 aromatic carbocycles. The zero-order valence-electron chi connectivity index (χ0n) is 10.7. The van der Waals surface area contributed by atoms with Crippen molar-refractivity contribution < 1.29 is 4.74 Å². The number of fused-ring (bicyclic) bond motifs is 1. The van der Waals surface area contributed by atoms with E-state index in [0.29, 0.717) is 22.1 Å². The van der Waals surface area contributed by atoms with Gasteiger partial charge in [0.15, 0.2) is 5.69 Å². The van der Waals surface area contributed by atoms with Crippen LogP contribution in [-0.4, -0.2) is 16.5 Å². The molecule has 0 unspecified atom stereocenters. The molecule has 2 heterocycles. The lowest BCUT2D eigenvalue weighted by Gasteiger charge is -2.01. The van der Waals surface area contributed by atoms with Crippen molar-refractivity contribution >= 4 is 17.2 Å². The van der Waals surface area contributed by atoms with E-state index in [1.165, 1.54) is 0 Å². The molecule has 0 spiro atoms. The number of imidazole rings is 1. The van der Waals surface area contributed by atoms with Gasteiger partial charge in [0.2, 0.25) is 0 Å². The maximum absolute atomic E-state index is 9.38. The summed E-state index contributed by atoms with van der Waals surface area (Å²) in [5.74, 6) is 0.763. The molecule has 0 radical (unpaired) electrons. The molecule has 98 valence electrons. The number of benzene rings is 1. The van der Waals surface area contributed by atoms with Crippen molar-refractivity contribution in [2.75, 3.05) is 7.11 Å². The number of aromatic nitrogens is 2. The summed E-state index contributed by atoms with van der Waals surface area (Å²) in [6, 6.07) is 13.2. The van der Waals surface area contributed by atoms with Crippen LogP contribution >= 0.6 is 11.6 Å². The second kappa shape index (κ2) is 4.87. The van der Waals surface area contributed by atoms with Crippen molar-refractivity contribution in [1.82, 2.24) is 9.38 Å². The highest BCUT2D eigenvalue weighted by Gasteiger charge is 2.13. The summed E-state index contributed by atoms with van der Waals surface area (Å²) < 4.78 is 6.82. The predicted molar refractivity (Wildman–Crippen MR) is 76.9 cm³/mol. The number of hydrogen-bond donors (Lipinski definition) is 0. The lowest BCUT2D eigenvalue weighted by atomic mass is 10.1. The predicted octanol–water partition coefficient (Wildman–Crippen LogP) is 3.53. The summed E-state index contributed by atoms with van der Waals surface area (Å²) in [6.07, 6.45) is 1.69. The molecule has 3 aromatic rings. The molecule has 20 heavy (non-hydrogen) atoms. The number of ether oxygens (including phenoxy) is 1. The molecular formula is C15H10ClN3O. The average molecular weight is 284 g/mol. The number of halogens is 1. The van der Waals surface area contributed by atoms with Crippen LogP contribution in [0.3, 0.4) is 0 Å². The SMILES string of the molecule is COc1ccc(-c2nc3ccc(Cl)cn3c2C#N)cc1. The number of hydrogen-bond acceptors (Lipinski definition) is 3. The van der Waals surface area contributed by atoms with Gasteiger partial charge in [-0.05, 0) is 36.4 Å². The zero-order valence-corrected chi connectivity index (χ0v) is 11.4. The van der Waals surface area contributed by atoms with Crippen LogP contribution in [0, 0.1) is 11.3 Å². The van der Waals surface area contributed by atoms with Crippen molar-refractivity contribution in [3.63, 3.8) is 0 Å². The van der Waals surface area contributed by atoms with Crippen LogP contribution in [0.5, 0.6) is 5.75 Å². The molecule has 0 amide bonds. The molecule has 4 nitrogen and oxygen atoms in total. The smallest absolute Gasteiger partial charge is 0.152 e. The highest BCUT2D eigenvalue weighted by molar-refractivity contribution is 6.30. The molecule has 3 rings (SSSR count). The lowest BCUT2D eigenvalue weighted by molar-refractivity contribution is 0.415. The molecule has 2 aromatic heterocycles. The van der Waals surface area contributed by atoms with Crippen LogP contribution < -0.4 is 4.74 Å². The molecule has 0 saturated heterocycles. The van der Waals surface area contributed by atoms with Crippen molar-refractivity contribution in [2.24, 2.45) is 0 Å². The maximum atomic E-state index is 9.38. The van der Waals surface area contributed by atoms with Crippen LogP contribution in [0.15, 0.2) is 42.6 Å². The van der Waals surface area contributed by atoms with Gasteiger partial charge >= 0.3 is 0 Å². The quantitative estimate of drug-likeness (QED) is 0.723. The second-order valence-corrected chi connectivity index (χ2v) is 4.66. The number of nitriles is 1. The molecule has 0 bridgehead atoms. The van der Waals surface area contributed by atoms with Gasteiger partial charge < -0.3 is 4.74 Å². The molecule has 0 atom stereocenters. The monoisotopic (exact) mass is 283 g/mol. The first-order chi connectivity index (χ1) is 9.72. The summed E-state index contributed by atoms with van der Waals surface area (Å²) in [7, 11) is 1.61. The van der Waals surface area contributed by atoms with Crippen molar-refractivity contribution in [3.05, 3.63) is 53.3 Å². The number of methoxy groups -OCH3 is 1. The van der Waals surface area contributed by atoms with Crippen LogP contribution in [0.2, 0.25) is 5.02 Å². The van der Waals surface area contributed by atoms with Crippen LogP contribution in [0.25, 0.3) is 16.9 Å². The molecule has 0 saturated carbocycles. The fourth-order valence-electron chi connectivity index (χ4n) is 2.08. The van der Waals surface area contributed by atoms with Crippen molar-refractivity contribution in [3.8, 4) is 23.1 Å². The summed E-state index contributed by atoms with van der Waals surface area (Å²) in [5.41, 5.74) is 2.66. The standard InChI is InChI=1S/C15H10ClN3O/c1-20-12-5-2-10(3-6-12)15-13(8-17)19-9-11(16)4-7-14(19)18-15/h2-7,9H,1H3. The zero-order chi connectivity index (χ0) is 14.1. The summed E-state index contributed by atoms with van der Waals surface area (Å²) in [4.78, 5) is 4.49. The fourth-order valence-corrected chi connectivity index (χ4v) is 2.24. The highest BCUT2D eigenvalue weighted by atomic mass is 35.5. The highest BCUT2D eigenvalue weighted by Crippen LogP contribution is 2.26. The Balaban J connectivity index is 2.22. The summed E-state index contributed by atoms with van der Waals surface area (Å²) in [6.45, 7) is 0. The first-order valence-corrected chi connectivity index (χ1v) is 6.33. The Bertz CT molecular complexity index is 815. The second-order valence-electron chi connectivity index (χ2n) is 4.22. The maximum Gasteiger partial charge on any atom is 0.152 e. The largest absolute Gasteiger partial charge is 0.497 e. The first kappa shape index (κ1) is 12.5. The van der Waals surface area contributed by atoms with Gasteiger partial charge in [0.1, 0.15) is 23.2 Å². The molecular weight excluding hydrogens is 274 g/mol. The lowest BCUT2D eigenvalue weighted by Crippen LogP contribution is -1.89. The minimum Gasteiger partial charge on any atom is -0.497 e. The summed E-state index contributed by atoms with van der Waals surface area (Å²) in [5, 5.41) is 9.94. The van der Waals surface area contributed by atoms with E-state index in [1.54, 1.807) is 29.8 Å². The van der Waals surface area contributed by atoms with Gasteiger partial charge in [0, 0.05) is 11.8 Å². The molecule has 0 fully saturated rings. The van der Waals surface area contributed by atoms with E-state index in [2.05, 4.69) is 11.1 Å². The molecule has 5 heteroatoms. The fraction of sp³-hybridized carbons (Fsp3) is 0.0667. The number of nitrogens with zero attached hydrogens (tertiary/aromatic N) is 3. The van der Waals surface area contributed by atoms with E-state index in [-0.39, 0.29) is 0 Å². The summed E-state index contributed by atoms with van der Waals surface area (Å²) >= 11 is 5.97. The van der Waals surface area contributed by atoms with E-state index in [0.717, 1.165) is 11.3 Å². The van der Waals surface area contributed by atoms with E-state index in [4.69, 9.17) is 16.3 Å². The Morgan fingerprint density at radius 2 is 1.95 bits per heavy atom. The van der Waals surface area contributed by atoms with Crippen LogP contribution in [-0.2, 0) is 0 Å². The Kier molecular flexibility index (Phi) is 3.05. The van der Waals surface area contributed by atoms with Gasteiger partial charge in [0.05, 0.1) is 12.1 Å². The molecule has 0 aliphatic rings. The topological polar surface area (TPSA) is 50.3 Å². The minimum absolute atomic E-state index is 0.465. The Hall–Kier alpha value is -2.51. The third-order valence-corrected chi connectivity index (χ3v) is 3.28. The van der Waals surface area contributed by atoms with Gasteiger partial charge in [-0.2, -0.15) is 5.26 Å². The Morgan fingerprint density at radius 1 is 1.20 bits per heavy atom. The Labute approximate surface area is 120 Å². The van der Waals surface area contributed by atoms with E-state index < -0.39 is 0 Å². The van der Waals surface area contributed by atoms with Crippen molar-refractivity contribution in [1.29, 1.82) is 5.26 Å². The van der Waals surface area contributed by atoms with Gasteiger partial charge in [-0.15, -0.1) is 0 Å². The molecule has 0 aliphatic carbocycles. The number of rotatable bonds is 2. The van der Waals surface area contributed by atoms with Crippen molar-refractivity contribution in [2.45, 2.75) is 0 Å². The van der Waals surface area contributed by atoms with E-state index in [9.17, 15) is 5.26 Å². The van der Waals surface area contributed by atoms with Crippen LogP contribution in [0.1, 0.15) is 5.69 Å². The van der Waals surface area contributed by atoms with Crippen LogP contribution in [0.4, 0.5) is 0 Å².